The highest BCUT2D eigenvalue weighted by Crippen LogP contribution is 2.15. The lowest BCUT2D eigenvalue weighted by Crippen LogP contribution is -2.39. The largest absolute Gasteiger partial charge is 0.478 e. The Bertz CT molecular complexity index is 512. The molecule has 1 aromatic rings. The van der Waals surface area contributed by atoms with Gasteiger partial charge < -0.3 is 20.1 Å². The molecule has 2 amide bonds. The van der Waals surface area contributed by atoms with Crippen molar-refractivity contribution < 1.29 is 19.4 Å². The molecule has 0 saturated carbocycles. The van der Waals surface area contributed by atoms with E-state index in [1.807, 2.05) is 0 Å². The summed E-state index contributed by atoms with van der Waals surface area (Å²) in [6, 6.07) is 5.91. The number of carboxylic acids is 1. The van der Waals surface area contributed by atoms with Gasteiger partial charge in [0, 0.05) is 25.9 Å². The van der Waals surface area contributed by atoms with E-state index in [-0.39, 0.29) is 17.7 Å². The molecule has 1 heterocycles. The summed E-state index contributed by atoms with van der Waals surface area (Å²) < 4.78 is 5.60. The Kier molecular flexibility index (Phi) is 5.16. The number of nitrogens with one attached hydrogen (secondary N) is 1. The van der Waals surface area contributed by atoms with Crippen LogP contribution >= 0.6 is 0 Å². The molecule has 0 radical (unpaired) electrons. The summed E-state index contributed by atoms with van der Waals surface area (Å²) in [5.41, 5.74) is 0.613. The number of hydrogen-bond donors (Lipinski definition) is 2. The number of urea groups is 1. The molecule has 1 atom stereocenters. The van der Waals surface area contributed by atoms with Crippen LogP contribution in [0.15, 0.2) is 24.3 Å². The summed E-state index contributed by atoms with van der Waals surface area (Å²) in [5, 5.41) is 11.6. The number of nitrogens with zero attached hydrogens (tertiary/aromatic N) is 1. The van der Waals surface area contributed by atoms with Gasteiger partial charge in [-0.25, -0.2) is 9.59 Å². The normalized spacial score (nSPS) is 18.0. The standard InChI is InChI=1S/C15H20N2O4/c1-17(10-13-7-2-3-8-21-13)15(20)16-12-6-4-5-11(9-12)14(18)19/h4-6,9,13H,2-3,7-8,10H2,1H3,(H,16,20)(H,18,19). The van der Waals surface area contributed by atoms with Gasteiger partial charge in [-0.3, -0.25) is 0 Å². The summed E-state index contributed by atoms with van der Waals surface area (Å²) in [6.07, 6.45) is 3.25. The minimum Gasteiger partial charge on any atom is -0.478 e. The number of carbonyl (C=O) groups excluding carboxylic acids is 1. The Morgan fingerprint density at radius 1 is 1.43 bits per heavy atom. The van der Waals surface area contributed by atoms with Gasteiger partial charge in [0.25, 0.3) is 0 Å². The summed E-state index contributed by atoms with van der Waals surface area (Å²) in [4.78, 5) is 24.5. The van der Waals surface area contributed by atoms with Crippen molar-refractivity contribution in [2.75, 3.05) is 25.5 Å². The number of anilines is 1. The Morgan fingerprint density at radius 2 is 2.24 bits per heavy atom. The zero-order valence-electron chi connectivity index (χ0n) is 12.0. The third-order valence-electron chi connectivity index (χ3n) is 3.46. The molecule has 1 aliphatic rings. The smallest absolute Gasteiger partial charge is 0.335 e. The monoisotopic (exact) mass is 292 g/mol. The van der Waals surface area contributed by atoms with E-state index < -0.39 is 5.97 Å². The molecule has 6 heteroatoms. The molecule has 1 saturated heterocycles. The zero-order valence-corrected chi connectivity index (χ0v) is 12.0. The number of hydrogen-bond acceptors (Lipinski definition) is 3. The topological polar surface area (TPSA) is 78.9 Å². The van der Waals surface area contributed by atoms with E-state index in [9.17, 15) is 9.59 Å². The van der Waals surface area contributed by atoms with Gasteiger partial charge in [-0.2, -0.15) is 0 Å². The van der Waals surface area contributed by atoms with Crippen LogP contribution < -0.4 is 5.32 Å². The maximum Gasteiger partial charge on any atom is 0.335 e. The summed E-state index contributed by atoms with van der Waals surface area (Å²) in [6.45, 7) is 1.28. The van der Waals surface area contributed by atoms with Crippen LogP contribution in [-0.4, -0.2) is 48.3 Å². The van der Waals surface area contributed by atoms with Crippen molar-refractivity contribution in [3.63, 3.8) is 0 Å². The van der Waals surface area contributed by atoms with E-state index >= 15 is 0 Å². The average molecular weight is 292 g/mol. The predicted octanol–water partition coefficient (Wildman–Crippen LogP) is 2.42. The summed E-state index contributed by atoms with van der Waals surface area (Å²) in [5.74, 6) is -1.02. The van der Waals surface area contributed by atoms with Gasteiger partial charge in [0.1, 0.15) is 0 Å². The first-order valence-corrected chi connectivity index (χ1v) is 7.03. The van der Waals surface area contributed by atoms with Crippen molar-refractivity contribution in [2.45, 2.75) is 25.4 Å². The zero-order chi connectivity index (χ0) is 15.2. The number of amides is 2. The number of aromatic carboxylic acids is 1. The fraction of sp³-hybridized carbons (Fsp3) is 0.467. The first kappa shape index (κ1) is 15.3. The van der Waals surface area contributed by atoms with Crippen LogP contribution in [0, 0.1) is 0 Å². The van der Waals surface area contributed by atoms with Crippen LogP contribution in [0.4, 0.5) is 10.5 Å². The molecule has 21 heavy (non-hydrogen) atoms. The van der Waals surface area contributed by atoms with Gasteiger partial charge in [0.2, 0.25) is 0 Å². The molecule has 1 aromatic carbocycles. The number of likely N-dealkylation sites (N-methyl/N-ethyl adjacent to an activating group) is 1. The molecule has 1 fully saturated rings. The molecule has 0 bridgehead atoms. The molecule has 0 aromatic heterocycles. The van der Waals surface area contributed by atoms with Crippen molar-refractivity contribution in [1.29, 1.82) is 0 Å². The van der Waals surface area contributed by atoms with Crippen LogP contribution in [0.3, 0.4) is 0 Å². The van der Waals surface area contributed by atoms with Gasteiger partial charge in [0.05, 0.1) is 11.7 Å². The lowest BCUT2D eigenvalue weighted by molar-refractivity contribution is 0.00463. The fourth-order valence-electron chi connectivity index (χ4n) is 2.29. The second-order valence-electron chi connectivity index (χ2n) is 5.19. The minimum atomic E-state index is -1.02. The highest BCUT2D eigenvalue weighted by Gasteiger charge is 2.19. The number of rotatable bonds is 4. The molecule has 0 aliphatic carbocycles. The maximum atomic E-state index is 12.1. The number of carbonyl (C=O) groups is 2. The highest BCUT2D eigenvalue weighted by atomic mass is 16.5. The van der Waals surface area contributed by atoms with E-state index in [0.717, 1.165) is 25.9 Å². The van der Waals surface area contributed by atoms with Crippen LogP contribution in [-0.2, 0) is 4.74 Å². The molecular weight excluding hydrogens is 272 g/mol. The Hall–Kier alpha value is -2.08. The Morgan fingerprint density at radius 3 is 2.90 bits per heavy atom. The molecule has 0 spiro atoms. The number of benzene rings is 1. The van der Waals surface area contributed by atoms with E-state index in [1.54, 1.807) is 24.1 Å². The lowest BCUT2D eigenvalue weighted by Gasteiger charge is -2.27. The first-order valence-electron chi connectivity index (χ1n) is 7.03. The molecule has 1 aliphatic heterocycles. The van der Waals surface area contributed by atoms with E-state index in [0.29, 0.717) is 12.2 Å². The van der Waals surface area contributed by atoms with Crippen LogP contribution in [0.5, 0.6) is 0 Å². The second-order valence-corrected chi connectivity index (χ2v) is 5.19. The van der Waals surface area contributed by atoms with Crippen molar-refractivity contribution in [3.05, 3.63) is 29.8 Å². The van der Waals surface area contributed by atoms with Crippen LogP contribution in [0.1, 0.15) is 29.6 Å². The van der Waals surface area contributed by atoms with Crippen LogP contribution in [0.25, 0.3) is 0 Å². The van der Waals surface area contributed by atoms with Crippen LogP contribution in [0.2, 0.25) is 0 Å². The van der Waals surface area contributed by atoms with Crippen molar-refractivity contribution in [1.82, 2.24) is 4.90 Å². The van der Waals surface area contributed by atoms with Crippen molar-refractivity contribution in [3.8, 4) is 0 Å². The summed E-state index contributed by atoms with van der Waals surface area (Å²) in [7, 11) is 1.70. The molecule has 6 nitrogen and oxygen atoms in total. The third-order valence-corrected chi connectivity index (χ3v) is 3.46. The van der Waals surface area contributed by atoms with Gasteiger partial charge in [-0.05, 0) is 37.5 Å². The van der Waals surface area contributed by atoms with E-state index in [2.05, 4.69) is 5.32 Å². The first-order chi connectivity index (χ1) is 10.1. The third kappa shape index (κ3) is 4.46. The van der Waals surface area contributed by atoms with Gasteiger partial charge in [-0.1, -0.05) is 6.07 Å². The SMILES string of the molecule is CN(CC1CCCCO1)C(=O)Nc1cccc(C(=O)O)c1. The minimum absolute atomic E-state index is 0.0832. The van der Waals surface area contributed by atoms with Gasteiger partial charge in [-0.15, -0.1) is 0 Å². The van der Waals surface area contributed by atoms with Gasteiger partial charge >= 0.3 is 12.0 Å². The van der Waals surface area contributed by atoms with Gasteiger partial charge in [0.15, 0.2) is 0 Å². The average Bonchev–Trinajstić information content (AvgIpc) is 2.48. The molecule has 2 N–H and O–H groups in total. The van der Waals surface area contributed by atoms with E-state index in [1.165, 1.54) is 12.1 Å². The maximum absolute atomic E-state index is 12.1. The van der Waals surface area contributed by atoms with Crippen molar-refractivity contribution >= 4 is 17.7 Å². The number of carboxylic acid groups (broad SMARTS) is 1. The van der Waals surface area contributed by atoms with E-state index in [4.69, 9.17) is 9.84 Å². The predicted molar refractivity (Wildman–Crippen MR) is 78.6 cm³/mol. The molecule has 1 unspecified atom stereocenters. The Balaban J connectivity index is 1.90. The quantitative estimate of drug-likeness (QED) is 0.893. The lowest BCUT2D eigenvalue weighted by atomic mass is 10.1. The van der Waals surface area contributed by atoms with Crippen molar-refractivity contribution in [2.24, 2.45) is 0 Å². The summed E-state index contributed by atoms with van der Waals surface area (Å²) >= 11 is 0. The highest BCUT2D eigenvalue weighted by molar-refractivity contribution is 5.93. The number of ether oxygens (including phenoxy) is 1. The molecular formula is C15H20N2O4. The Labute approximate surface area is 123 Å². The molecule has 114 valence electrons. The fourth-order valence-corrected chi connectivity index (χ4v) is 2.29. The molecule has 2 rings (SSSR count). The second kappa shape index (κ2) is 7.08.